The highest BCUT2D eigenvalue weighted by Gasteiger charge is 2.16. The normalized spacial score (nSPS) is 10.3. The van der Waals surface area contributed by atoms with Crippen LogP contribution in [0.3, 0.4) is 0 Å². The molecule has 0 saturated heterocycles. The van der Waals surface area contributed by atoms with E-state index in [1.54, 1.807) is 60.7 Å². The maximum Gasteiger partial charge on any atom is 0.255 e. The molecule has 3 nitrogen and oxygen atoms in total. The molecule has 0 aromatic heterocycles. The van der Waals surface area contributed by atoms with Crippen LogP contribution in [-0.4, -0.2) is 12.5 Å². The van der Waals surface area contributed by atoms with Crippen LogP contribution in [0, 0.1) is 11.6 Å². The SMILES string of the molecule is C=CCOc1ccc(C(=O)Nc2c(F)cc(F)cc2-c2ccccc2)cc1. The average Bonchev–Trinajstić information content (AvgIpc) is 2.69. The molecule has 1 amide bonds. The Morgan fingerprint density at radius 2 is 1.74 bits per heavy atom. The first kappa shape index (κ1) is 18.3. The van der Waals surface area contributed by atoms with Gasteiger partial charge in [0, 0.05) is 17.2 Å². The molecule has 3 aromatic rings. The summed E-state index contributed by atoms with van der Waals surface area (Å²) in [5.74, 6) is -1.47. The van der Waals surface area contributed by atoms with E-state index in [0.717, 1.165) is 6.07 Å². The van der Waals surface area contributed by atoms with Crippen molar-refractivity contribution in [3.8, 4) is 16.9 Å². The number of ether oxygens (including phenoxy) is 1. The number of rotatable bonds is 6. The van der Waals surface area contributed by atoms with Crippen LogP contribution in [0.4, 0.5) is 14.5 Å². The maximum atomic E-state index is 14.4. The summed E-state index contributed by atoms with van der Waals surface area (Å²) in [6.45, 7) is 3.92. The fraction of sp³-hybridized carbons (Fsp3) is 0.0455. The van der Waals surface area contributed by atoms with Crippen LogP contribution in [0.25, 0.3) is 11.1 Å². The van der Waals surface area contributed by atoms with E-state index >= 15 is 0 Å². The Hall–Kier alpha value is -3.47. The van der Waals surface area contributed by atoms with E-state index in [4.69, 9.17) is 4.74 Å². The molecule has 3 aromatic carbocycles. The number of amides is 1. The summed E-state index contributed by atoms with van der Waals surface area (Å²) in [6, 6.07) is 17.1. The smallest absolute Gasteiger partial charge is 0.255 e. The Kier molecular flexibility index (Phi) is 5.61. The van der Waals surface area contributed by atoms with Gasteiger partial charge in [-0.15, -0.1) is 0 Å². The number of halogens is 2. The third-order valence-electron chi connectivity index (χ3n) is 3.86. The molecule has 27 heavy (non-hydrogen) atoms. The zero-order chi connectivity index (χ0) is 19.2. The van der Waals surface area contributed by atoms with Gasteiger partial charge in [-0.25, -0.2) is 8.78 Å². The number of hydrogen-bond acceptors (Lipinski definition) is 2. The highest BCUT2D eigenvalue weighted by atomic mass is 19.1. The molecule has 5 heteroatoms. The van der Waals surface area contributed by atoms with Crippen LogP contribution >= 0.6 is 0 Å². The molecule has 0 fully saturated rings. The second-order valence-corrected chi connectivity index (χ2v) is 5.75. The third kappa shape index (κ3) is 4.39. The van der Waals surface area contributed by atoms with Crippen molar-refractivity contribution in [2.45, 2.75) is 0 Å². The predicted octanol–water partition coefficient (Wildman–Crippen LogP) is 5.45. The van der Waals surface area contributed by atoms with Crippen molar-refractivity contribution in [1.82, 2.24) is 0 Å². The van der Waals surface area contributed by atoms with Gasteiger partial charge in [-0.1, -0.05) is 43.0 Å². The summed E-state index contributed by atoms with van der Waals surface area (Å²) in [5.41, 5.74) is 1.12. The first-order valence-corrected chi connectivity index (χ1v) is 8.28. The van der Waals surface area contributed by atoms with Gasteiger partial charge in [-0.3, -0.25) is 4.79 Å². The minimum absolute atomic E-state index is 0.0698. The molecule has 1 N–H and O–H groups in total. The first-order chi connectivity index (χ1) is 13.1. The maximum absolute atomic E-state index is 14.4. The van der Waals surface area contributed by atoms with Crippen molar-refractivity contribution in [1.29, 1.82) is 0 Å². The lowest BCUT2D eigenvalue weighted by molar-refractivity contribution is 0.102. The van der Waals surface area contributed by atoms with Crippen LogP contribution in [-0.2, 0) is 0 Å². The second-order valence-electron chi connectivity index (χ2n) is 5.75. The Morgan fingerprint density at radius 1 is 1.04 bits per heavy atom. The average molecular weight is 365 g/mol. The van der Waals surface area contributed by atoms with Gasteiger partial charge in [0.05, 0.1) is 5.69 Å². The van der Waals surface area contributed by atoms with Gasteiger partial charge in [0.25, 0.3) is 5.91 Å². The minimum atomic E-state index is -0.840. The van der Waals surface area contributed by atoms with Gasteiger partial charge < -0.3 is 10.1 Å². The molecule has 0 spiro atoms. The van der Waals surface area contributed by atoms with Crippen molar-refractivity contribution in [3.63, 3.8) is 0 Å². The third-order valence-corrected chi connectivity index (χ3v) is 3.86. The fourth-order valence-corrected chi connectivity index (χ4v) is 2.59. The monoisotopic (exact) mass is 365 g/mol. The van der Waals surface area contributed by atoms with Crippen molar-refractivity contribution < 1.29 is 18.3 Å². The van der Waals surface area contributed by atoms with E-state index in [-0.39, 0.29) is 11.3 Å². The lowest BCUT2D eigenvalue weighted by atomic mass is 10.0. The summed E-state index contributed by atoms with van der Waals surface area (Å²) in [7, 11) is 0. The van der Waals surface area contributed by atoms with Gasteiger partial charge in [0.15, 0.2) is 0 Å². The highest BCUT2D eigenvalue weighted by molar-refractivity contribution is 6.06. The van der Waals surface area contributed by atoms with E-state index in [1.807, 2.05) is 0 Å². The van der Waals surface area contributed by atoms with Crippen molar-refractivity contribution in [2.24, 2.45) is 0 Å². The number of anilines is 1. The zero-order valence-corrected chi connectivity index (χ0v) is 14.4. The highest BCUT2D eigenvalue weighted by Crippen LogP contribution is 2.32. The lowest BCUT2D eigenvalue weighted by Gasteiger charge is -2.13. The fourth-order valence-electron chi connectivity index (χ4n) is 2.59. The summed E-state index contributed by atoms with van der Waals surface area (Å²) in [5, 5.41) is 2.55. The Bertz CT molecular complexity index is 954. The Morgan fingerprint density at radius 3 is 2.41 bits per heavy atom. The van der Waals surface area contributed by atoms with E-state index in [9.17, 15) is 13.6 Å². The molecule has 0 bridgehead atoms. The molecular weight excluding hydrogens is 348 g/mol. The van der Waals surface area contributed by atoms with Crippen molar-refractivity contribution >= 4 is 11.6 Å². The standard InChI is InChI=1S/C22H17F2NO2/c1-2-12-27-18-10-8-16(9-11-18)22(26)25-21-19(13-17(23)14-20(21)24)15-6-4-3-5-7-15/h2-11,13-14H,1,12H2,(H,25,26). The van der Waals surface area contributed by atoms with Gasteiger partial charge in [-0.05, 0) is 35.9 Å². The Balaban J connectivity index is 1.89. The number of benzene rings is 3. The molecule has 136 valence electrons. The van der Waals surface area contributed by atoms with E-state index in [0.29, 0.717) is 23.5 Å². The first-order valence-electron chi connectivity index (χ1n) is 8.28. The quantitative estimate of drug-likeness (QED) is 0.590. The molecule has 0 atom stereocenters. The van der Waals surface area contributed by atoms with Crippen LogP contribution in [0.15, 0.2) is 79.4 Å². The molecule has 3 rings (SSSR count). The molecule has 0 radical (unpaired) electrons. The van der Waals surface area contributed by atoms with E-state index < -0.39 is 17.5 Å². The molecular formula is C22H17F2NO2. The van der Waals surface area contributed by atoms with Gasteiger partial charge in [-0.2, -0.15) is 0 Å². The topological polar surface area (TPSA) is 38.3 Å². The van der Waals surface area contributed by atoms with Crippen LogP contribution in [0.5, 0.6) is 5.75 Å². The van der Waals surface area contributed by atoms with Crippen LogP contribution in [0.2, 0.25) is 0 Å². The molecule has 0 aliphatic heterocycles. The Labute approximate surface area is 155 Å². The number of carbonyl (C=O) groups excluding carboxylic acids is 1. The van der Waals surface area contributed by atoms with Crippen molar-refractivity contribution in [3.05, 3.63) is 96.6 Å². The molecule has 0 heterocycles. The van der Waals surface area contributed by atoms with Gasteiger partial charge >= 0.3 is 0 Å². The number of hydrogen-bond donors (Lipinski definition) is 1. The van der Waals surface area contributed by atoms with Crippen LogP contribution in [0.1, 0.15) is 10.4 Å². The zero-order valence-electron chi connectivity index (χ0n) is 14.4. The van der Waals surface area contributed by atoms with E-state index in [1.165, 1.54) is 6.07 Å². The summed E-state index contributed by atoms with van der Waals surface area (Å²) in [6.07, 6.45) is 1.61. The molecule has 0 aliphatic carbocycles. The van der Waals surface area contributed by atoms with E-state index in [2.05, 4.69) is 11.9 Å². The molecule has 0 aliphatic rings. The largest absolute Gasteiger partial charge is 0.490 e. The molecule has 0 unspecified atom stereocenters. The summed E-state index contributed by atoms with van der Waals surface area (Å²) >= 11 is 0. The lowest BCUT2D eigenvalue weighted by Crippen LogP contribution is -2.14. The number of carbonyl (C=O) groups is 1. The molecule has 0 saturated carbocycles. The second kappa shape index (κ2) is 8.27. The summed E-state index contributed by atoms with van der Waals surface area (Å²) in [4.78, 5) is 12.5. The summed E-state index contributed by atoms with van der Waals surface area (Å²) < 4.78 is 33.5. The number of nitrogens with one attached hydrogen (secondary N) is 1. The van der Waals surface area contributed by atoms with Crippen LogP contribution < -0.4 is 10.1 Å². The predicted molar refractivity (Wildman–Crippen MR) is 102 cm³/mol. The van der Waals surface area contributed by atoms with Gasteiger partial charge in [0.1, 0.15) is 24.0 Å². The van der Waals surface area contributed by atoms with Gasteiger partial charge in [0.2, 0.25) is 0 Å². The van der Waals surface area contributed by atoms with Crippen molar-refractivity contribution in [2.75, 3.05) is 11.9 Å². The minimum Gasteiger partial charge on any atom is -0.490 e.